The van der Waals surface area contributed by atoms with Crippen molar-refractivity contribution in [2.45, 2.75) is 31.6 Å². The second kappa shape index (κ2) is 9.85. The van der Waals surface area contributed by atoms with Crippen LogP contribution in [0.25, 0.3) is 11.3 Å². The molecule has 1 atom stereocenters. The van der Waals surface area contributed by atoms with Gasteiger partial charge in [0.05, 0.1) is 24.6 Å². The second-order valence-corrected chi connectivity index (χ2v) is 6.84. The van der Waals surface area contributed by atoms with Crippen LogP contribution < -0.4 is 10.5 Å². The molecule has 0 radical (unpaired) electrons. The number of imidazole rings is 1. The van der Waals surface area contributed by atoms with Crippen molar-refractivity contribution in [1.29, 1.82) is 0 Å². The lowest BCUT2D eigenvalue weighted by Crippen LogP contribution is -2.09. The number of nitrogens with two attached hydrogens (primary N) is 1. The highest BCUT2D eigenvalue weighted by Gasteiger charge is 2.19. The number of hydrogen-bond donors (Lipinski definition) is 2. The maximum atomic E-state index is 12.7. The number of nitrogens with one attached hydrogen (secondary N) is 1. The van der Waals surface area contributed by atoms with Gasteiger partial charge < -0.3 is 15.5 Å². The van der Waals surface area contributed by atoms with Crippen LogP contribution in [-0.4, -0.2) is 29.4 Å². The smallest absolute Gasteiger partial charge is 0.166 e. The normalized spacial score (nSPS) is 11.9. The number of ketones is 1. The molecule has 5 heteroatoms. The maximum Gasteiger partial charge on any atom is 0.166 e. The van der Waals surface area contributed by atoms with E-state index in [4.69, 9.17) is 10.5 Å². The molecule has 0 saturated heterocycles. The van der Waals surface area contributed by atoms with Gasteiger partial charge in [0.1, 0.15) is 11.6 Å². The number of benzene rings is 2. The van der Waals surface area contributed by atoms with Crippen molar-refractivity contribution < 1.29 is 9.53 Å². The van der Waals surface area contributed by atoms with Crippen molar-refractivity contribution in [3.63, 3.8) is 0 Å². The van der Waals surface area contributed by atoms with E-state index in [0.717, 1.165) is 36.3 Å². The summed E-state index contributed by atoms with van der Waals surface area (Å²) in [5.41, 5.74) is 8.44. The summed E-state index contributed by atoms with van der Waals surface area (Å²) >= 11 is 0. The molecule has 3 aromatic rings. The molecule has 0 spiro atoms. The summed E-state index contributed by atoms with van der Waals surface area (Å²) in [4.78, 5) is 20.8. The molecule has 0 saturated carbocycles. The molecule has 5 nitrogen and oxygen atoms in total. The predicted molar refractivity (Wildman–Crippen MR) is 112 cm³/mol. The molecule has 3 N–H and O–H groups in total. The van der Waals surface area contributed by atoms with E-state index < -0.39 is 0 Å². The summed E-state index contributed by atoms with van der Waals surface area (Å²) < 4.78 is 5.32. The van der Waals surface area contributed by atoms with Gasteiger partial charge in [0, 0.05) is 12.3 Å². The summed E-state index contributed by atoms with van der Waals surface area (Å²) in [5, 5.41) is 0. The number of hydrogen-bond acceptors (Lipinski definition) is 4. The number of aromatic nitrogens is 2. The number of para-hydroxylation sites is 1. The van der Waals surface area contributed by atoms with Gasteiger partial charge in [0.2, 0.25) is 0 Å². The number of ether oxygens (including phenoxy) is 1. The standard InChI is InChI=1S/C23H27N3O2/c1-28-22-12-6-5-11-19(22)21(27)14-13-18(10-7-15-24)23-25-16-20(26-23)17-8-3-2-4-9-17/h2-6,8-9,11-12,16,18H,7,10,13-15,24H2,1H3,(H,25,26)/t18-/m1/s1. The molecule has 28 heavy (non-hydrogen) atoms. The van der Waals surface area contributed by atoms with E-state index in [1.165, 1.54) is 0 Å². The van der Waals surface area contributed by atoms with E-state index in [9.17, 15) is 4.79 Å². The molecular formula is C23H27N3O2. The average molecular weight is 377 g/mol. The number of nitrogens with zero attached hydrogens (tertiary/aromatic N) is 1. The molecule has 1 aromatic heterocycles. The van der Waals surface area contributed by atoms with Gasteiger partial charge in [-0.05, 0) is 43.5 Å². The summed E-state index contributed by atoms with van der Waals surface area (Å²) in [6, 6.07) is 17.5. The zero-order valence-corrected chi connectivity index (χ0v) is 16.2. The fraction of sp³-hybridized carbons (Fsp3) is 0.304. The van der Waals surface area contributed by atoms with E-state index in [1.807, 2.05) is 48.7 Å². The van der Waals surface area contributed by atoms with Gasteiger partial charge in [-0.25, -0.2) is 4.98 Å². The monoisotopic (exact) mass is 377 g/mol. The third kappa shape index (κ3) is 4.87. The third-order valence-electron chi connectivity index (χ3n) is 4.95. The molecule has 146 valence electrons. The van der Waals surface area contributed by atoms with Crippen LogP contribution in [0.2, 0.25) is 0 Å². The molecular weight excluding hydrogens is 350 g/mol. The lowest BCUT2D eigenvalue weighted by atomic mass is 9.93. The molecule has 3 rings (SSSR count). The minimum absolute atomic E-state index is 0.0880. The Morgan fingerprint density at radius 1 is 1.11 bits per heavy atom. The summed E-state index contributed by atoms with van der Waals surface area (Å²) in [7, 11) is 1.59. The van der Waals surface area contributed by atoms with Crippen LogP contribution in [0.4, 0.5) is 0 Å². The van der Waals surface area contributed by atoms with E-state index in [-0.39, 0.29) is 11.7 Å². The lowest BCUT2D eigenvalue weighted by Gasteiger charge is -2.14. The fourth-order valence-corrected chi connectivity index (χ4v) is 3.41. The number of Topliss-reactive ketones (excluding diaryl/α,β-unsaturated/α-hetero) is 1. The minimum atomic E-state index is 0.0880. The number of aromatic amines is 1. The Morgan fingerprint density at radius 3 is 2.61 bits per heavy atom. The molecule has 0 unspecified atom stereocenters. The van der Waals surface area contributed by atoms with Crippen LogP contribution in [-0.2, 0) is 0 Å². The van der Waals surface area contributed by atoms with E-state index >= 15 is 0 Å². The Kier molecular flexibility index (Phi) is 6.98. The quantitative estimate of drug-likeness (QED) is 0.507. The SMILES string of the molecule is COc1ccccc1C(=O)CC[C@@H](CCCN)c1ncc(-c2ccccc2)[nH]1. The van der Waals surface area contributed by atoms with E-state index in [1.54, 1.807) is 7.11 Å². The van der Waals surface area contributed by atoms with Crippen LogP contribution in [0, 0.1) is 0 Å². The van der Waals surface area contributed by atoms with Crippen molar-refractivity contribution in [2.24, 2.45) is 5.73 Å². The maximum absolute atomic E-state index is 12.7. The Bertz CT molecular complexity index is 890. The number of methoxy groups -OCH3 is 1. The number of rotatable bonds is 10. The number of carbonyl (C=O) groups is 1. The Balaban J connectivity index is 1.72. The molecule has 0 aliphatic carbocycles. The number of H-pyrrole nitrogens is 1. The highest BCUT2D eigenvalue weighted by molar-refractivity contribution is 5.98. The molecule has 1 heterocycles. The first-order chi connectivity index (χ1) is 13.7. The largest absolute Gasteiger partial charge is 0.496 e. The van der Waals surface area contributed by atoms with Crippen molar-refractivity contribution in [3.8, 4) is 17.0 Å². The van der Waals surface area contributed by atoms with Crippen LogP contribution in [0.1, 0.15) is 47.8 Å². The number of carbonyl (C=O) groups excluding carboxylic acids is 1. The Labute approximate surface area is 166 Å². The summed E-state index contributed by atoms with van der Waals surface area (Å²) in [6.45, 7) is 0.628. The summed E-state index contributed by atoms with van der Waals surface area (Å²) in [5.74, 6) is 1.79. The molecule has 0 bridgehead atoms. The van der Waals surface area contributed by atoms with Crippen LogP contribution in [0.15, 0.2) is 60.8 Å². The van der Waals surface area contributed by atoms with Crippen molar-refractivity contribution >= 4 is 5.78 Å². The van der Waals surface area contributed by atoms with E-state index in [2.05, 4.69) is 22.1 Å². The zero-order valence-electron chi connectivity index (χ0n) is 16.2. The van der Waals surface area contributed by atoms with Crippen molar-refractivity contribution in [3.05, 3.63) is 72.2 Å². The molecule has 0 fully saturated rings. The first-order valence-corrected chi connectivity index (χ1v) is 9.69. The van der Waals surface area contributed by atoms with Crippen LogP contribution in [0.3, 0.4) is 0 Å². The molecule has 0 aliphatic rings. The Morgan fingerprint density at radius 2 is 1.86 bits per heavy atom. The van der Waals surface area contributed by atoms with Crippen molar-refractivity contribution in [1.82, 2.24) is 9.97 Å². The highest BCUT2D eigenvalue weighted by Crippen LogP contribution is 2.28. The highest BCUT2D eigenvalue weighted by atomic mass is 16.5. The summed E-state index contributed by atoms with van der Waals surface area (Å²) in [6.07, 6.45) is 4.82. The molecule has 2 aromatic carbocycles. The van der Waals surface area contributed by atoms with Gasteiger partial charge >= 0.3 is 0 Å². The first-order valence-electron chi connectivity index (χ1n) is 9.69. The molecule has 0 aliphatic heterocycles. The average Bonchev–Trinajstić information content (AvgIpc) is 3.24. The fourth-order valence-electron chi connectivity index (χ4n) is 3.41. The minimum Gasteiger partial charge on any atom is -0.496 e. The second-order valence-electron chi connectivity index (χ2n) is 6.84. The van der Waals surface area contributed by atoms with Gasteiger partial charge in [0.25, 0.3) is 0 Å². The first kappa shape index (κ1) is 19.8. The van der Waals surface area contributed by atoms with Gasteiger partial charge in [-0.2, -0.15) is 0 Å². The van der Waals surface area contributed by atoms with Crippen LogP contribution >= 0.6 is 0 Å². The van der Waals surface area contributed by atoms with Gasteiger partial charge in [-0.3, -0.25) is 4.79 Å². The van der Waals surface area contributed by atoms with Gasteiger partial charge in [-0.15, -0.1) is 0 Å². The van der Waals surface area contributed by atoms with E-state index in [0.29, 0.717) is 24.3 Å². The Hall–Kier alpha value is -2.92. The van der Waals surface area contributed by atoms with Crippen molar-refractivity contribution in [2.75, 3.05) is 13.7 Å². The lowest BCUT2D eigenvalue weighted by molar-refractivity contribution is 0.0973. The van der Waals surface area contributed by atoms with Gasteiger partial charge in [-0.1, -0.05) is 42.5 Å². The van der Waals surface area contributed by atoms with Crippen LogP contribution in [0.5, 0.6) is 5.75 Å². The molecule has 0 amide bonds. The zero-order chi connectivity index (χ0) is 19.8. The third-order valence-corrected chi connectivity index (χ3v) is 4.95. The predicted octanol–water partition coefficient (Wildman–Crippen LogP) is 4.57. The van der Waals surface area contributed by atoms with Gasteiger partial charge in [0.15, 0.2) is 5.78 Å². The topological polar surface area (TPSA) is 81.0 Å².